The van der Waals surface area contributed by atoms with E-state index in [4.69, 9.17) is 0 Å². The predicted molar refractivity (Wildman–Crippen MR) is 106 cm³/mol. The molecule has 1 aliphatic heterocycles. The van der Waals surface area contributed by atoms with Gasteiger partial charge in [0, 0.05) is 18.2 Å². The summed E-state index contributed by atoms with van der Waals surface area (Å²) >= 11 is 2.75. The van der Waals surface area contributed by atoms with E-state index in [1.807, 2.05) is 4.90 Å². The Bertz CT molecular complexity index is 960. The second-order valence-corrected chi connectivity index (χ2v) is 8.35. The highest BCUT2D eigenvalue weighted by molar-refractivity contribution is 8.00. The van der Waals surface area contributed by atoms with Crippen molar-refractivity contribution in [1.82, 2.24) is 19.2 Å². The van der Waals surface area contributed by atoms with Crippen molar-refractivity contribution in [2.24, 2.45) is 0 Å². The Labute approximate surface area is 165 Å². The molecule has 1 saturated heterocycles. The molecule has 3 aromatic rings. The maximum atomic E-state index is 13.2. The van der Waals surface area contributed by atoms with Gasteiger partial charge in [0.1, 0.15) is 33.1 Å². The average Bonchev–Trinajstić information content (AvgIpc) is 3.12. The van der Waals surface area contributed by atoms with Gasteiger partial charge in [-0.05, 0) is 62.0 Å². The number of amides is 1. The van der Waals surface area contributed by atoms with Crippen LogP contribution in [-0.2, 0) is 4.79 Å². The second kappa shape index (κ2) is 7.90. The molecule has 4 rings (SSSR count). The third-order valence-electron chi connectivity index (χ3n) is 4.80. The molecule has 0 spiro atoms. The van der Waals surface area contributed by atoms with Gasteiger partial charge in [-0.3, -0.25) is 4.79 Å². The lowest BCUT2D eigenvalue weighted by atomic mass is 10.0. The van der Waals surface area contributed by atoms with Crippen LogP contribution < -0.4 is 0 Å². The molecule has 1 aliphatic rings. The Balaban J connectivity index is 1.54. The predicted octanol–water partition coefficient (Wildman–Crippen LogP) is 4.39. The van der Waals surface area contributed by atoms with Gasteiger partial charge in [0.2, 0.25) is 5.91 Å². The van der Waals surface area contributed by atoms with Crippen LogP contribution in [0.3, 0.4) is 0 Å². The molecule has 0 saturated carbocycles. The summed E-state index contributed by atoms with van der Waals surface area (Å²) < 4.78 is 18.5. The lowest BCUT2D eigenvalue weighted by Crippen LogP contribution is -2.42. The minimum absolute atomic E-state index is 0.155. The zero-order chi connectivity index (χ0) is 18.8. The van der Waals surface area contributed by atoms with E-state index in [2.05, 4.69) is 21.3 Å². The maximum Gasteiger partial charge on any atom is 0.233 e. The number of nitrogens with zero attached hydrogens (tertiary/aromatic N) is 4. The topological polar surface area (TPSA) is 59.0 Å². The van der Waals surface area contributed by atoms with Crippen molar-refractivity contribution in [3.63, 3.8) is 0 Å². The second-order valence-electron chi connectivity index (χ2n) is 6.62. The van der Waals surface area contributed by atoms with Crippen LogP contribution in [0.4, 0.5) is 4.39 Å². The Morgan fingerprint density at radius 2 is 2.11 bits per heavy atom. The van der Waals surface area contributed by atoms with Crippen molar-refractivity contribution in [2.75, 3.05) is 12.3 Å². The minimum atomic E-state index is -0.283. The first-order valence-corrected chi connectivity index (χ1v) is 10.7. The van der Waals surface area contributed by atoms with Crippen molar-refractivity contribution in [3.05, 3.63) is 36.4 Å². The zero-order valence-corrected chi connectivity index (χ0v) is 16.5. The Hall–Kier alpha value is -2.06. The van der Waals surface area contributed by atoms with Crippen LogP contribution in [-0.4, -0.2) is 43.5 Å². The van der Waals surface area contributed by atoms with E-state index in [1.54, 1.807) is 12.1 Å². The fourth-order valence-electron chi connectivity index (χ4n) is 3.32. The third-order valence-corrected chi connectivity index (χ3v) is 6.74. The average molecular weight is 403 g/mol. The van der Waals surface area contributed by atoms with Gasteiger partial charge in [-0.15, -0.1) is 0 Å². The molecule has 0 aliphatic carbocycles. The third kappa shape index (κ3) is 3.82. The Morgan fingerprint density at radius 1 is 1.30 bits per heavy atom. The first-order valence-electron chi connectivity index (χ1n) is 8.92. The number of aromatic nitrogens is 3. The number of carbonyl (C=O) groups is 1. The van der Waals surface area contributed by atoms with Crippen molar-refractivity contribution < 1.29 is 9.18 Å². The highest BCUT2D eigenvalue weighted by Crippen LogP contribution is 2.34. The van der Waals surface area contributed by atoms with Gasteiger partial charge in [0.05, 0.1) is 5.75 Å². The molecule has 2 aromatic heterocycles. The fraction of sp³-hybridized carbons (Fsp3) is 0.368. The summed E-state index contributed by atoms with van der Waals surface area (Å²) in [5.41, 5.74) is 2.27. The number of thioether (sulfide) groups is 1. The highest BCUT2D eigenvalue weighted by Gasteiger charge is 2.23. The number of halogens is 1. The van der Waals surface area contributed by atoms with Crippen molar-refractivity contribution in [1.29, 1.82) is 0 Å². The standard InChI is InChI=1S/C19H19FN4OS2/c1-12-4-2-3-9-24(12)15(25)10-26-19-18-17(21-11-22-19)16(23-27-18)13-5-7-14(20)8-6-13/h5-8,11-12H,2-4,9-10H2,1H3/t12-/m0/s1. The summed E-state index contributed by atoms with van der Waals surface area (Å²) in [6, 6.07) is 6.52. The fourth-order valence-corrected chi connectivity index (χ4v) is 5.13. The number of hydrogen-bond acceptors (Lipinski definition) is 6. The van der Waals surface area contributed by atoms with Gasteiger partial charge in [-0.1, -0.05) is 11.8 Å². The molecule has 1 aromatic carbocycles. The van der Waals surface area contributed by atoms with E-state index in [9.17, 15) is 9.18 Å². The number of fused-ring (bicyclic) bond motifs is 1. The molecule has 3 heterocycles. The summed E-state index contributed by atoms with van der Waals surface area (Å²) in [5.74, 6) is 0.233. The lowest BCUT2D eigenvalue weighted by molar-refractivity contribution is -0.131. The van der Waals surface area contributed by atoms with Gasteiger partial charge in [-0.25, -0.2) is 14.4 Å². The molecule has 1 amide bonds. The molecule has 0 unspecified atom stereocenters. The Kier molecular flexibility index (Phi) is 5.36. The molecule has 27 heavy (non-hydrogen) atoms. The van der Waals surface area contributed by atoms with Crippen LogP contribution in [0.2, 0.25) is 0 Å². The molecule has 0 N–H and O–H groups in total. The lowest BCUT2D eigenvalue weighted by Gasteiger charge is -2.33. The van der Waals surface area contributed by atoms with Gasteiger partial charge >= 0.3 is 0 Å². The number of benzene rings is 1. The molecular weight excluding hydrogens is 383 g/mol. The summed E-state index contributed by atoms with van der Waals surface area (Å²) in [7, 11) is 0. The number of rotatable bonds is 4. The normalized spacial score (nSPS) is 17.4. The van der Waals surface area contributed by atoms with Crippen LogP contribution in [0.25, 0.3) is 21.5 Å². The van der Waals surface area contributed by atoms with E-state index in [0.29, 0.717) is 11.8 Å². The SMILES string of the molecule is C[C@H]1CCCCN1C(=O)CSc1ncnc2c(-c3ccc(F)cc3)nsc12. The molecule has 1 fully saturated rings. The van der Waals surface area contributed by atoms with Gasteiger partial charge in [-0.2, -0.15) is 4.37 Å². The number of piperidine rings is 1. The van der Waals surface area contributed by atoms with Gasteiger partial charge in [0.15, 0.2) is 0 Å². The van der Waals surface area contributed by atoms with Crippen LogP contribution in [0, 0.1) is 5.82 Å². The molecular formula is C19H19FN4OS2. The summed E-state index contributed by atoms with van der Waals surface area (Å²) in [6.07, 6.45) is 4.84. The van der Waals surface area contributed by atoms with Crippen LogP contribution in [0.5, 0.6) is 0 Å². The van der Waals surface area contributed by atoms with Gasteiger partial charge in [0.25, 0.3) is 0 Å². The van der Waals surface area contributed by atoms with E-state index < -0.39 is 0 Å². The summed E-state index contributed by atoms with van der Waals surface area (Å²) in [6.45, 7) is 2.96. The molecule has 0 bridgehead atoms. The molecule has 8 heteroatoms. The van der Waals surface area contributed by atoms with Crippen molar-refractivity contribution >= 4 is 39.4 Å². The highest BCUT2D eigenvalue weighted by atomic mass is 32.2. The smallest absolute Gasteiger partial charge is 0.233 e. The van der Waals surface area contributed by atoms with E-state index in [1.165, 1.54) is 48.2 Å². The number of hydrogen-bond donors (Lipinski definition) is 0. The van der Waals surface area contributed by atoms with Crippen molar-refractivity contribution in [3.8, 4) is 11.3 Å². The molecule has 0 radical (unpaired) electrons. The van der Waals surface area contributed by atoms with E-state index in [0.717, 1.165) is 45.9 Å². The van der Waals surface area contributed by atoms with E-state index >= 15 is 0 Å². The molecule has 140 valence electrons. The zero-order valence-electron chi connectivity index (χ0n) is 14.9. The van der Waals surface area contributed by atoms with Gasteiger partial charge < -0.3 is 4.90 Å². The first-order chi connectivity index (χ1) is 13.1. The van der Waals surface area contributed by atoms with Crippen LogP contribution in [0.1, 0.15) is 26.2 Å². The number of carbonyl (C=O) groups excluding carboxylic acids is 1. The summed E-state index contributed by atoms with van der Waals surface area (Å²) in [4.78, 5) is 23.3. The van der Waals surface area contributed by atoms with Crippen molar-refractivity contribution in [2.45, 2.75) is 37.3 Å². The van der Waals surface area contributed by atoms with Crippen LogP contribution in [0.15, 0.2) is 35.6 Å². The van der Waals surface area contributed by atoms with E-state index in [-0.39, 0.29) is 11.7 Å². The molecule has 5 nitrogen and oxygen atoms in total. The Morgan fingerprint density at radius 3 is 2.89 bits per heavy atom. The largest absolute Gasteiger partial charge is 0.339 e. The molecule has 1 atom stereocenters. The quantitative estimate of drug-likeness (QED) is 0.479. The first kappa shape index (κ1) is 18.3. The number of likely N-dealkylation sites (tertiary alicyclic amines) is 1. The summed E-state index contributed by atoms with van der Waals surface area (Å²) in [5, 5.41) is 0.767. The maximum absolute atomic E-state index is 13.2. The monoisotopic (exact) mass is 402 g/mol. The van der Waals surface area contributed by atoms with Crippen LogP contribution >= 0.6 is 23.3 Å². The minimum Gasteiger partial charge on any atom is -0.339 e.